The molecule has 1 saturated heterocycles. The van der Waals surface area contributed by atoms with Gasteiger partial charge in [0.25, 0.3) is 5.91 Å². The molecule has 5 rings (SSSR count). The quantitative estimate of drug-likeness (QED) is 0.386. The van der Waals surface area contributed by atoms with Gasteiger partial charge in [0.15, 0.2) is 11.3 Å². The zero-order valence-corrected chi connectivity index (χ0v) is 21.6. The van der Waals surface area contributed by atoms with Crippen molar-refractivity contribution in [1.82, 2.24) is 30.4 Å². The minimum atomic E-state index is -4.99. The lowest BCUT2D eigenvalue weighted by molar-refractivity contribution is -0.183. The number of amides is 2. The molecule has 2 N–H and O–H groups in total. The monoisotopic (exact) mass is 608 g/mol. The lowest BCUT2D eigenvalue weighted by Crippen LogP contribution is -2.47. The van der Waals surface area contributed by atoms with Crippen molar-refractivity contribution in [2.24, 2.45) is 17.8 Å². The number of hydrogen-bond donors (Lipinski definition) is 2. The lowest BCUT2D eigenvalue weighted by atomic mass is 9.81. The van der Waals surface area contributed by atoms with Crippen LogP contribution in [0.1, 0.15) is 65.6 Å². The average molecular weight is 608 g/mol. The zero-order chi connectivity index (χ0) is 30.4. The van der Waals surface area contributed by atoms with Crippen molar-refractivity contribution in [2.45, 2.75) is 62.8 Å². The summed E-state index contributed by atoms with van der Waals surface area (Å²) in [5, 5.41) is 11.9. The van der Waals surface area contributed by atoms with Crippen LogP contribution in [0.4, 0.5) is 35.1 Å². The first kappa shape index (κ1) is 29.7. The zero-order valence-electron chi connectivity index (χ0n) is 21.6. The molecule has 3 aromatic rings. The van der Waals surface area contributed by atoms with E-state index < -0.39 is 90.9 Å². The number of alkyl halides is 8. The van der Waals surface area contributed by atoms with E-state index in [0.717, 1.165) is 0 Å². The molecule has 0 bridgehead atoms. The number of imidazole rings is 1. The third-order valence-corrected chi connectivity index (χ3v) is 7.70. The molecule has 1 aliphatic heterocycles. The molecule has 1 aliphatic carbocycles. The van der Waals surface area contributed by atoms with Crippen LogP contribution in [-0.4, -0.2) is 50.2 Å². The number of aromatic nitrogens is 4. The van der Waals surface area contributed by atoms with Gasteiger partial charge in [-0.3, -0.25) is 9.59 Å². The van der Waals surface area contributed by atoms with Crippen LogP contribution in [0.2, 0.25) is 0 Å². The maximum absolute atomic E-state index is 13.9. The minimum absolute atomic E-state index is 0.0581. The lowest BCUT2D eigenvalue weighted by Gasteiger charge is -2.33. The Morgan fingerprint density at radius 3 is 2.55 bits per heavy atom. The summed E-state index contributed by atoms with van der Waals surface area (Å²) in [5.74, 6) is -7.95. The fraction of sp³-hybridized carbons (Fsp3) is 0.560. The highest BCUT2D eigenvalue weighted by Gasteiger charge is 2.45. The first-order chi connectivity index (χ1) is 19.6. The Morgan fingerprint density at radius 2 is 1.88 bits per heavy atom. The van der Waals surface area contributed by atoms with Crippen molar-refractivity contribution >= 4 is 17.5 Å². The van der Waals surface area contributed by atoms with E-state index >= 15 is 0 Å². The average Bonchev–Trinajstić information content (AvgIpc) is 3.55. The van der Waals surface area contributed by atoms with Crippen LogP contribution in [0, 0.1) is 17.8 Å². The smallest absolute Gasteiger partial charge is 0.363 e. The van der Waals surface area contributed by atoms with Crippen LogP contribution in [0.25, 0.3) is 5.65 Å². The van der Waals surface area contributed by atoms with Crippen LogP contribution < -0.4 is 10.6 Å². The van der Waals surface area contributed by atoms with Crippen LogP contribution >= 0.6 is 0 Å². The molecule has 42 heavy (non-hydrogen) atoms. The van der Waals surface area contributed by atoms with Crippen molar-refractivity contribution in [3.63, 3.8) is 0 Å². The topological polar surface area (TPSA) is 114 Å². The fourth-order valence-corrected chi connectivity index (χ4v) is 5.43. The van der Waals surface area contributed by atoms with Crippen LogP contribution in [0.5, 0.6) is 0 Å². The van der Waals surface area contributed by atoms with Gasteiger partial charge in [-0.1, -0.05) is 5.16 Å². The maximum atomic E-state index is 13.9. The standard InChI is InChI=1S/C25H24F8N6O3/c26-23(27)5-3-12(4-6-23)19(36-22(41)16-11-42-38-20(16)25(31,32)33)17-10-39-18(35-17)2-1-15(37-39)8-13-7-14(24(28,29)30)9-34-21(13)40/h1-2,10-14,19H,3-9H2,(H,34,40)(H,36,41)/t13?,14-,19+/m1/s1. The highest BCUT2D eigenvalue weighted by molar-refractivity contribution is 5.95. The van der Waals surface area contributed by atoms with Gasteiger partial charge in [0.1, 0.15) is 11.8 Å². The summed E-state index contributed by atoms with van der Waals surface area (Å²) in [6.45, 7) is -0.504. The van der Waals surface area contributed by atoms with E-state index in [1.165, 1.54) is 22.8 Å². The molecule has 1 unspecified atom stereocenters. The van der Waals surface area contributed by atoms with E-state index in [0.29, 0.717) is 6.26 Å². The van der Waals surface area contributed by atoms with Gasteiger partial charge in [-0.2, -0.15) is 31.4 Å². The Kier molecular flexibility index (Phi) is 7.64. The van der Waals surface area contributed by atoms with Gasteiger partial charge in [0.05, 0.1) is 29.5 Å². The molecular weight excluding hydrogens is 584 g/mol. The summed E-state index contributed by atoms with van der Waals surface area (Å²) in [6.07, 6.45) is -9.19. The van der Waals surface area contributed by atoms with Crippen molar-refractivity contribution in [1.29, 1.82) is 0 Å². The number of rotatable bonds is 6. The number of nitrogens with zero attached hydrogens (tertiary/aromatic N) is 4. The SMILES string of the molecule is O=C(N[C@H](c1cn2nc(CC3C[C@@H](C(F)(F)F)CNC3=O)ccc2n1)C1CCC(F)(F)CC1)c1conc1C(F)(F)F. The molecule has 2 aliphatic rings. The Morgan fingerprint density at radius 1 is 1.17 bits per heavy atom. The summed E-state index contributed by atoms with van der Waals surface area (Å²) < 4.78 is 113. The third-order valence-electron chi connectivity index (χ3n) is 7.70. The van der Waals surface area contributed by atoms with Crippen LogP contribution in [0.15, 0.2) is 29.1 Å². The Bertz CT molecular complexity index is 1460. The Balaban J connectivity index is 1.41. The van der Waals surface area contributed by atoms with E-state index in [4.69, 9.17) is 0 Å². The molecule has 4 heterocycles. The van der Waals surface area contributed by atoms with Crippen LogP contribution in [0.3, 0.4) is 0 Å². The summed E-state index contributed by atoms with van der Waals surface area (Å²) in [7, 11) is 0. The van der Waals surface area contributed by atoms with Gasteiger partial charge in [-0.15, -0.1) is 0 Å². The van der Waals surface area contributed by atoms with Gasteiger partial charge in [0.2, 0.25) is 11.8 Å². The molecule has 2 fully saturated rings. The largest absolute Gasteiger partial charge is 0.437 e. The predicted octanol–water partition coefficient (Wildman–Crippen LogP) is 4.89. The third kappa shape index (κ3) is 6.33. The Labute approximate surface area is 232 Å². The second kappa shape index (κ2) is 10.8. The number of halogens is 8. The van der Waals surface area contributed by atoms with E-state index in [2.05, 4.69) is 30.4 Å². The predicted molar refractivity (Wildman–Crippen MR) is 126 cm³/mol. The normalized spacial score (nSPS) is 22.6. The molecule has 0 spiro atoms. The number of piperidine rings is 1. The van der Waals surface area contributed by atoms with E-state index in [9.17, 15) is 44.7 Å². The van der Waals surface area contributed by atoms with Gasteiger partial charge >= 0.3 is 12.4 Å². The highest BCUT2D eigenvalue weighted by atomic mass is 19.4. The number of carbonyl (C=O) groups is 2. The summed E-state index contributed by atoms with van der Waals surface area (Å²) in [6, 6.07) is 1.85. The summed E-state index contributed by atoms with van der Waals surface area (Å²) in [4.78, 5) is 29.5. The highest BCUT2D eigenvalue weighted by Crippen LogP contribution is 2.42. The van der Waals surface area contributed by atoms with Gasteiger partial charge in [-0.25, -0.2) is 18.3 Å². The summed E-state index contributed by atoms with van der Waals surface area (Å²) in [5.41, 5.74) is -1.82. The molecule has 3 aromatic heterocycles. The van der Waals surface area contributed by atoms with E-state index in [1.807, 2.05) is 0 Å². The van der Waals surface area contributed by atoms with Crippen molar-refractivity contribution in [3.05, 3.63) is 47.2 Å². The fourth-order valence-electron chi connectivity index (χ4n) is 5.43. The summed E-state index contributed by atoms with van der Waals surface area (Å²) >= 11 is 0. The number of carbonyl (C=O) groups excluding carboxylic acids is 2. The molecule has 0 radical (unpaired) electrons. The van der Waals surface area contributed by atoms with Gasteiger partial charge in [-0.05, 0) is 37.3 Å². The molecule has 2 amide bonds. The molecule has 3 atom stereocenters. The molecule has 0 aromatic carbocycles. The maximum Gasteiger partial charge on any atom is 0.437 e. The van der Waals surface area contributed by atoms with Gasteiger partial charge in [0, 0.05) is 31.7 Å². The minimum Gasteiger partial charge on any atom is -0.363 e. The first-order valence-electron chi connectivity index (χ1n) is 13.0. The molecule has 228 valence electrons. The molecular formula is C25H24F8N6O3. The molecule has 17 heteroatoms. The second-order valence-electron chi connectivity index (χ2n) is 10.6. The van der Waals surface area contributed by atoms with Crippen LogP contribution in [-0.2, 0) is 17.4 Å². The second-order valence-corrected chi connectivity index (χ2v) is 10.6. The number of fused-ring (bicyclic) bond motifs is 1. The number of hydrogen-bond acceptors (Lipinski definition) is 6. The van der Waals surface area contributed by atoms with Gasteiger partial charge < -0.3 is 15.2 Å². The van der Waals surface area contributed by atoms with Crippen molar-refractivity contribution < 1.29 is 49.2 Å². The van der Waals surface area contributed by atoms with Crippen molar-refractivity contribution in [2.75, 3.05) is 6.54 Å². The number of nitrogens with one attached hydrogen (secondary N) is 2. The first-order valence-corrected chi connectivity index (χ1v) is 13.0. The van der Waals surface area contributed by atoms with Crippen molar-refractivity contribution in [3.8, 4) is 0 Å². The Hall–Kier alpha value is -3.79. The molecule has 9 nitrogen and oxygen atoms in total. The molecule has 1 saturated carbocycles. The van der Waals surface area contributed by atoms with E-state index in [-0.39, 0.29) is 36.3 Å². The van der Waals surface area contributed by atoms with E-state index in [1.54, 1.807) is 0 Å².